The third kappa shape index (κ3) is 3.33. The first-order valence-electron chi connectivity index (χ1n) is 5.60. The van der Waals surface area contributed by atoms with E-state index in [1.807, 2.05) is 0 Å². The van der Waals surface area contributed by atoms with Crippen molar-refractivity contribution in [2.24, 2.45) is 5.10 Å². The van der Waals surface area contributed by atoms with Crippen molar-refractivity contribution in [2.75, 3.05) is 5.73 Å². The molecule has 1 aromatic carbocycles. The van der Waals surface area contributed by atoms with Gasteiger partial charge in [-0.2, -0.15) is 18.3 Å². The summed E-state index contributed by atoms with van der Waals surface area (Å²) in [5.74, 6) is -1.11. The van der Waals surface area contributed by atoms with E-state index < -0.39 is 22.6 Å². The van der Waals surface area contributed by atoms with Gasteiger partial charge in [0.2, 0.25) is 5.95 Å². The van der Waals surface area contributed by atoms with E-state index in [4.69, 9.17) is 17.3 Å². The molecular formula is C12H9ClF4N4. The van der Waals surface area contributed by atoms with E-state index in [1.165, 1.54) is 6.20 Å². The highest BCUT2D eigenvalue weighted by Crippen LogP contribution is 2.36. The highest BCUT2D eigenvalue weighted by molar-refractivity contribution is 6.31. The van der Waals surface area contributed by atoms with Crippen molar-refractivity contribution in [2.45, 2.75) is 13.1 Å². The van der Waals surface area contributed by atoms with Gasteiger partial charge in [-0.05, 0) is 24.6 Å². The van der Waals surface area contributed by atoms with Crippen molar-refractivity contribution in [3.05, 3.63) is 46.0 Å². The molecule has 0 bridgehead atoms. The second-order valence-corrected chi connectivity index (χ2v) is 4.57. The highest BCUT2D eigenvalue weighted by Gasteiger charge is 2.34. The smallest absolute Gasteiger partial charge is 0.368 e. The number of rotatable bonds is 2. The fraction of sp³-hybridized carbons (Fsp3) is 0.167. The van der Waals surface area contributed by atoms with Gasteiger partial charge in [-0.1, -0.05) is 11.6 Å². The molecule has 2 aromatic rings. The first kappa shape index (κ1) is 15.3. The fourth-order valence-electron chi connectivity index (χ4n) is 1.62. The van der Waals surface area contributed by atoms with Crippen LogP contribution < -0.4 is 5.73 Å². The Balaban J connectivity index is 2.41. The van der Waals surface area contributed by atoms with Crippen molar-refractivity contribution in [3.63, 3.8) is 0 Å². The standard InChI is InChI=1S/C12H9ClF4N4/c1-6-5-21(11(18)20-6)19-4-7-2-8(12(15,16)17)10(13)9(14)3-7/h2-5H,1H3,(H2,18,20). The average Bonchev–Trinajstić information content (AvgIpc) is 2.67. The number of anilines is 1. The summed E-state index contributed by atoms with van der Waals surface area (Å²) in [5, 5.41) is 2.84. The lowest BCUT2D eigenvalue weighted by Crippen LogP contribution is -2.08. The van der Waals surface area contributed by atoms with Crippen LogP contribution in [0.3, 0.4) is 0 Å². The second-order valence-electron chi connectivity index (χ2n) is 4.19. The molecule has 0 radical (unpaired) electrons. The average molecular weight is 321 g/mol. The van der Waals surface area contributed by atoms with Crippen molar-refractivity contribution in [1.82, 2.24) is 9.66 Å². The van der Waals surface area contributed by atoms with Crippen LogP contribution in [0.5, 0.6) is 0 Å². The summed E-state index contributed by atoms with van der Waals surface area (Å²) in [6, 6.07) is 1.55. The molecule has 4 nitrogen and oxygen atoms in total. The molecule has 0 saturated heterocycles. The molecule has 2 rings (SSSR count). The molecule has 0 unspecified atom stereocenters. The minimum absolute atomic E-state index is 0.0641. The number of nitrogens with two attached hydrogens (primary N) is 1. The van der Waals surface area contributed by atoms with Gasteiger partial charge in [0.1, 0.15) is 5.82 Å². The topological polar surface area (TPSA) is 56.2 Å². The quantitative estimate of drug-likeness (QED) is 0.680. The molecule has 0 aliphatic carbocycles. The van der Waals surface area contributed by atoms with Crippen LogP contribution in [-0.4, -0.2) is 15.9 Å². The summed E-state index contributed by atoms with van der Waals surface area (Å²) < 4.78 is 52.7. The van der Waals surface area contributed by atoms with E-state index in [1.54, 1.807) is 6.92 Å². The normalized spacial score (nSPS) is 12.3. The maximum absolute atomic E-state index is 13.4. The third-order valence-corrected chi connectivity index (χ3v) is 2.91. The predicted octanol–water partition coefficient (Wildman–Crippen LogP) is 3.47. The molecule has 9 heteroatoms. The highest BCUT2D eigenvalue weighted by atomic mass is 35.5. The number of nitrogen functional groups attached to an aromatic ring is 1. The van der Waals surface area contributed by atoms with Gasteiger partial charge in [-0.25, -0.2) is 14.1 Å². The van der Waals surface area contributed by atoms with Gasteiger partial charge in [-0.15, -0.1) is 0 Å². The monoisotopic (exact) mass is 320 g/mol. The maximum Gasteiger partial charge on any atom is 0.417 e. The summed E-state index contributed by atoms with van der Waals surface area (Å²) in [6.07, 6.45) is -2.25. The van der Waals surface area contributed by atoms with Crippen LogP contribution in [-0.2, 0) is 6.18 Å². The Labute approximate surface area is 121 Å². The zero-order valence-corrected chi connectivity index (χ0v) is 11.4. The van der Waals surface area contributed by atoms with Crippen LogP contribution in [0.15, 0.2) is 23.4 Å². The van der Waals surface area contributed by atoms with Crippen LogP contribution in [0.25, 0.3) is 0 Å². The van der Waals surface area contributed by atoms with Crippen molar-refractivity contribution in [1.29, 1.82) is 0 Å². The summed E-state index contributed by atoms with van der Waals surface area (Å²) in [4.78, 5) is 3.86. The number of imidazole rings is 1. The summed E-state index contributed by atoms with van der Waals surface area (Å²) in [5.41, 5.74) is 4.74. The lowest BCUT2D eigenvalue weighted by Gasteiger charge is -2.10. The SMILES string of the molecule is Cc1cn(N=Cc2cc(F)c(Cl)c(C(F)(F)F)c2)c(N)n1. The van der Waals surface area contributed by atoms with Gasteiger partial charge in [0, 0.05) is 0 Å². The lowest BCUT2D eigenvalue weighted by atomic mass is 10.1. The van der Waals surface area contributed by atoms with Gasteiger partial charge in [0.05, 0.1) is 28.7 Å². The number of aromatic nitrogens is 2. The molecule has 2 N–H and O–H groups in total. The zero-order chi connectivity index (χ0) is 15.8. The van der Waals surface area contributed by atoms with E-state index in [9.17, 15) is 17.6 Å². The minimum Gasteiger partial charge on any atom is -0.368 e. The predicted molar refractivity (Wildman–Crippen MR) is 70.8 cm³/mol. The molecule has 0 aliphatic heterocycles. The van der Waals surface area contributed by atoms with Crippen LogP contribution in [0, 0.1) is 12.7 Å². The Morgan fingerprint density at radius 1 is 1.38 bits per heavy atom. The van der Waals surface area contributed by atoms with Gasteiger partial charge < -0.3 is 5.73 Å². The van der Waals surface area contributed by atoms with Gasteiger partial charge >= 0.3 is 6.18 Å². The molecule has 21 heavy (non-hydrogen) atoms. The molecule has 112 valence electrons. The van der Waals surface area contributed by atoms with Crippen LogP contribution in [0.1, 0.15) is 16.8 Å². The molecule has 0 aliphatic rings. The molecule has 0 spiro atoms. The number of halogens is 5. The summed E-state index contributed by atoms with van der Waals surface area (Å²) >= 11 is 5.32. The second kappa shape index (κ2) is 5.36. The van der Waals surface area contributed by atoms with Crippen LogP contribution >= 0.6 is 11.6 Å². The summed E-state index contributed by atoms with van der Waals surface area (Å²) in [6.45, 7) is 1.67. The van der Waals surface area contributed by atoms with E-state index in [2.05, 4.69) is 10.1 Å². The molecule has 0 saturated carbocycles. The lowest BCUT2D eigenvalue weighted by molar-refractivity contribution is -0.137. The van der Waals surface area contributed by atoms with Crippen LogP contribution in [0.4, 0.5) is 23.5 Å². The van der Waals surface area contributed by atoms with E-state index in [0.29, 0.717) is 11.8 Å². The van der Waals surface area contributed by atoms with Gasteiger partial charge in [0.25, 0.3) is 0 Å². The van der Waals surface area contributed by atoms with Crippen molar-refractivity contribution < 1.29 is 17.6 Å². The van der Waals surface area contributed by atoms with Crippen molar-refractivity contribution >= 4 is 23.8 Å². The molecule has 0 atom stereocenters. The Hall–Kier alpha value is -2.09. The Morgan fingerprint density at radius 3 is 2.57 bits per heavy atom. The number of nitrogens with zero attached hydrogens (tertiary/aromatic N) is 3. The number of alkyl halides is 3. The third-order valence-electron chi connectivity index (χ3n) is 2.52. The number of hydrogen-bond acceptors (Lipinski definition) is 3. The fourth-order valence-corrected chi connectivity index (χ4v) is 1.83. The molecule has 1 aromatic heterocycles. The van der Waals surface area contributed by atoms with E-state index >= 15 is 0 Å². The first-order chi connectivity index (χ1) is 9.68. The molecule has 0 amide bonds. The van der Waals surface area contributed by atoms with E-state index in [-0.39, 0.29) is 11.5 Å². The van der Waals surface area contributed by atoms with E-state index in [0.717, 1.165) is 17.0 Å². The zero-order valence-electron chi connectivity index (χ0n) is 10.6. The maximum atomic E-state index is 13.4. The summed E-state index contributed by atoms with van der Waals surface area (Å²) in [7, 11) is 0. The number of aryl methyl sites for hydroxylation is 1. The van der Waals surface area contributed by atoms with Gasteiger partial charge in [0.15, 0.2) is 0 Å². The number of hydrogen-bond donors (Lipinski definition) is 1. The number of benzene rings is 1. The Kier molecular flexibility index (Phi) is 3.91. The Bertz CT molecular complexity index is 706. The van der Waals surface area contributed by atoms with Crippen molar-refractivity contribution in [3.8, 4) is 0 Å². The Morgan fingerprint density at radius 2 is 2.05 bits per heavy atom. The van der Waals surface area contributed by atoms with Gasteiger partial charge in [-0.3, -0.25) is 0 Å². The molecular weight excluding hydrogens is 312 g/mol. The first-order valence-corrected chi connectivity index (χ1v) is 5.98. The minimum atomic E-state index is -4.76. The van der Waals surface area contributed by atoms with Crippen LogP contribution in [0.2, 0.25) is 5.02 Å². The largest absolute Gasteiger partial charge is 0.417 e. The molecule has 0 fully saturated rings. The molecule has 1 heterocycles.